The average molecular weight is 448 g/mol. The van der Waals surface area contributed by atoms with Crippen molar-refractivity contribution >= 4 is 5.82 Å². The molecule has 2 saturated heterocycles. The van der Waals surface area contributed by atoms with Crippen molar-refractivity contribution in [1.29, 1.82) is 0 Å². The second-order valence-corrected chi connectivity index (χ2v) is 9.33. The Morgan fingerprint density at radius 1 is 1.03 bits per heavy atom. The number of nitrogens with zero attached hydrogens (tertiary/aromatic N) is 4. The van der Waals surface area contributed by atoms with Gasteiger partial charge < -0.3 is 15.0 Å². The molecule has 0 bridgehead atoms. The minimum absolute atomic E-state index is 0.0564. The maximum Gasteiger partial charge on any atom is 0.417 e. The molecule has 0 aromatic carbocycles. The maximum atomic E-state index is 13.3. The Labute approximate surface area is 185 Å². The number of aromatic nitrogens is 3. The van der Waals surface area contributed by atoms with Crippen molar-refractivity contribution in [3.05, 3.63) is 36.2 Å². The Kier molecular flexibility index (Phi) is 6.03. The van der Waals surface area contributed by atoms with Crippen LogP contribution in [-0.4, -0.2) is 59.0 Å². The van der Waals surface area contributed by atoms with Gasteiger partial charge in [-0.15, -0.1) is 10.2 Å². The van der Waals surface area contributed by atoms with Crippen molar-refractivity contribution in [2.45, 2.75) is 37.9 Å². The van der Waals surface area contributed by atoms with Crippen LogP contribution in [0.5, 0.6) is 0 Å². The zero-order valence-corrected chi connectivity index (χ0v) is 17.9. The minimum atomic E-state index is -4.46. The van der Waals surface area contributed by atoms with Gasteiger partial charge in [0.25, 0.3) is 0 Å². The van der Waals surface area contributed by atoms with Gasteiger partial charge in [-0.25, -0.2) is 0 Å². The molecule has 0 spiro atoms. The van der Waals surface area contributed by atoms with E-state index < -0.39 is 11.7 Å². The first-order chi connectivity index (χ1) is 15.5. The number of halogens is 3. The highest BCUT2D eigenvalue weighted by molar-refractivity contribution is 5.63. The van der Waals surface area contributed by atoms with E-state index in [2.05, 4.69) is 25.4 Å². The number of ether oxygens (including phenoxy) is 1. The van der Waals surface area contributed by atoms with E-state index in [-0.39, 0.29) is 11.3 Å². The third-order valence-corrected chi connectivity index (χ3v) is 7.10. The fourth-order valence-corrected chi connectivity index (χ4v) is 5.57. The van der Waals surface area contributed by atoms with Crippen LogP contribution in [0.4, 0.5) is 19.0 Å². The summed E-state index contributed by atoms with van der Waals surface area (Å²) in [5.74, 6) is 2.77. The molecule has 2 atom stereocenters. The first-order valence-electron chi connectivity index (χ1n) is 11.4. The normalized spacial score (nSPS) is 26.9. The van der Waals surface area contributed by atoms with E-state index in [0.29, 0.717) is 23.7 Å². The third-order valence-electron chi connectivity index (χ3n) is 7.10. The number of hydrogen-bond donors (Lipinski definition) is 1. The number of alkyl halides is 3. The summed E-state index contributed by atoms with van der Waals surface area (Å²) in [6.45, 7) is 5.30. The highest BCUT2D eigenvalue weighted by atomic mass is 19.4. The predicted molar refractivity (Wildman–Crippen MR) is 114 cm³/mol. The van der Waals surface area contributed by atoms with Gasteiger partial charge in [-0.3, -0.25) is 4.98 Å². The van der Waals surface area contributed by atoms with Crippen molar-refractivity contribution in [1.82, 2.24) is 20.1 Å². The Bertz CT molecular complexity index is 903. The molecule has 1 saturated carbocycles. The van der Waals surface area contributed by atoms with Gasteiger partial charge in [0.2, 0.25) is 0 Å². The summed E-state index contributed by atoms with van der Waals surface area (Å²) in [6.07, 6.45) is 2.40. The molecule has 0 amide bonds. The van der Waals surface area contributed by atoms with E-state index in [1.807, 2.05) is 0 Å². The molecule has 2 aromatic heterocycles. The zero-order chi connectivity index (χ0) is 22.1. The fraction of sp³-hybridized carbons (Fsp3) is 0.609. The molecule has 1 N–H and O–H groups in total. The molecule has 3 aliphatic rings. The van der Waals surface area contributed by atoms with Crippen molar-refractivity contribution < 1.29 is 17.9 Å². The second kappa shape index (κ2) is 8.94. The highest BCUT2D eigenvalue weighted by Gasteiger charge is 2.41. The van der Waals surface area contributed by atoms with Crippen LogP contribution in [0.15, 0.2) is 30.6 Å². The van der Waals surface area contributed by atoms with Crippen LogP contribution < -0.4 is 5.32 Å². The van der Waals surface area contributed by atoms with Gasteiger partial charge in [-0.05, 0) is 61.6 Å². The number of fused-ring (bicyclic) bond motifs is 1. The van der Waals surface area contributed by atoms with Gasteiger partial charge in [0.15, 0.2) is 0 Å². The Morgan fingerprint density at radius 2 is 1.78 bits per heavy atom. The van der Waals surface area contributed by atoms with Crippen LogP contribution in [-0.2, 0) is 10.9 Å². The van der Waals surface area contributed by atoms with Gasteiger partial charge in [0.1, 0.15) is 5.82 Å². The molecule has 3 fully saturated rings. The van der Waals surface area contributed by atoms with E-state index in [4.69, 9.17) is 4.74 Å². The van der Waals surface area contributed by atoms with Gasteiger partial charge >= 0.3 is 6.18 Å². The number of hydrogen-bond acceptors (Lipinski definition) is 6. The quantitative estimate of drug-likeness (QED) is 0.745. The Hall–Kier alpha value is -2.26. The van der Waals surface area contributed by atoms with Crippen molar-refractivity contribution in [3.8, 4) is 11.3 Å². The number of likely N-dealkylation sites (tertiary alicyclic amines) is 1. The van der Waals surface area contributed by atoms with Crippen molar-refractivity contribution in [2.75, 3.05) is 38.2 Å². The minimum Gasteiger partial charge on any atom is -0.381 e. The van der Waals surface area contributed by atoms with Crippen molar-refractivity contribution in [3.63, 3.8) is 0 Å². The number of rotatable bonds is 5. The first-order valence-corrected chi connectivity index (χ1v) is 11.4. The SMILES string of the molecule is FC(F)(F)c1ccncc1-c1ccc(NC2CC3CN(CC4CCOCC4)CC3C2)nn1. The zero-order valence-electron chi connectivity index (χ0n) is 17.9. The lowest BCUT2D eigenvalue weighted by Crippen LogP contribution is -2.32. The molecule has 6 nitrogen and oxygen atoms in total. The standard InChI is InChI=1S/C23H28F3N5O/c24-23(25,26)20-3-6-27-11-19(20)21-1-2-22(30-29-21)28-18-9-16-13-31(14-17(16)10-18)12-15-4-7-32-8-5-15/h1-3,6,11,15-18H,4-5,7-10,12-14H2,(H,28,30). The first kappa shape index (κ1) is 21.6. The van der Waals surface area contributed by atoms with E-state index in [1.165, 1.54) is 25.6 Å². The lowest BCUT2D eigenvalue weighted by Gasteiger charge is -2.27. The Balaban J connectivity index is 1.16. The van der Waals surface area contributed by atoms with Crippen LogP contribution in [0, 0.1) is 17.8 Å². The van der Waals surface area contributed by atoms with Crippen LogP contribution in [0.3, 0.4) is 0 Å². The molecule has 172 valence electrons. The molecule has 0 radical (unpaired) electrons. The highest BCUT2D eigenvalue weighted by Crippen LogP contribution is 2.40. The topological polar surface area (TPSA) is 63.2 Å². The largest absolute Gasteiger partial charge is 0.417 e. The summed E-state index contributed by atoms with van der Waals surface area (Å²) < 4.78 is 45.2. The van der Waals surface area contributed by atoms with Crippen LogP contribution in [0.1, 0.15) is 31.2 Å². The molecule has 5 rings (SSSR count). The van der Waals surface area contributed by atoms with Crippen molar-refractivity contribution in [2.24, 2.45) is 17.8 Å². The van der Waals surface area contributed by atoms with Gasteiger partial charge in [0.05, 0.1) is 11.3 Å². The molecule has 1 aliphatic carbocycles. The number of pyridine rings is 1. The fourth-order valence-electron chi connectivity index (χ4n) is 5.57. The predicted octanol–water partition coefficient (Wildman–Crippen LogP) is 4.11. The van der Waals surface area contributed by atoms with Crippen LogP contribution in [0.25, 0.3) is 11.3 Å². The van der Waals surface area contributed by atoms with Crippen LogP contribution >= 0.6 is 0 Å². The summed E-state index contributed by atoms with van der Waals surface area (Å²) in [5.41, 5.74) is -0.640. The molecule has 2 unspecified atom stereocenters. The summed E-state index contributed by atoms with van der Waals surface area (Å²) in [4.78, 5) is 6.45. The summed E-state index contributed by atoms with van der Waals surface area (Å²) in [5, 5.41) is 11.6. The van der Waals surface area contributed by atoms with Gasteiger partial charge in [-0.2, -0.15) is 13.2 Å². The molecule has 2 aliphatic heterocycles. The van der Waals surface area contributed by atoms with E-state index in [0.717, 1.165) is 57.3 Å². The van der Waals surface area contributed by atoms with E-state index >= 15 is 0 Å². The lowest BCUT2D eigenvalue weighted by molar-refractivity contribution is -0.137. The smallest absolute Gasteiger partial charge is 0.381 e. The lowest BCUT2D eigenvalue weighted by atomic mass is 10.00. The Morgan fingerprint density at radius 3 is 2.44 bits per heavy atom. The molecular weight excluding hydrogens is 419 g/mol. The monoisotopic (exact) mass is 447 g/mol. The third kappa shape index (κ3) is 4.73. The number of anilines is 1. The number of nitrogens with one attached hydrogen (secondary N) is 1. The average Bonchev–Trinajstić information content (AvgIpc) is 3.32. The summed E-state index contributed by atoms with van der Waals surface area (Å²) in [6, 6.07) is 4.58. The molecule has 2 aromatic rings. The van der Waals surface area contributed by atoms with Crippen LogP contribution in [0.2, 0.25) is 0 Å². The molecule has 4 heterocycles. The summed E-state index contributed by atoms with van der Waals surface area (Å²) >= 11 is 0. The maximum absolute atomic E-state index is 13.3. The summed E-state index contributed by atoms with van der Waals surface area (Å²) in [7, 11) is 0. The second-order valence-electron chi connectivity index (χ2n) is 9.33. The van der Waals surface area contributed by atoms with Gasteiger partial charge in [0, 0.05) is 56.8 Å². The van der Waals surface area contributed by atoms with Gasteiger partial charge in [-0.1, -0.05) is 0 Å². The molecular formula is C23H28F3N5O. The molecule has 32 heavy (non-hydrogen) atoms. The molecule has 9 heteroatoms. The van der Waals surface area contributed by atoms with E-state index in [1.54, 1.807) is 12.1 Å². The van der Waals surface area contributed by atoms with E-state index in [9.17, 15) is 13.2 Å².